The van der Waals surface area contributed by atoms with Gasteiger partial charge in [-0.1, -0.05) is 47.4 Å². The molecule has 1 aromatic heterocycles. The molecule has 1 heterocycles. The maximum absolute atomic E-state index is 13.0. The zero-order valence-electron chi connectivity index (χ0n) is 15.9. The fourth-order valence-corrected chi connectivity index (χ4v) is 4.15. The number of para-hydroxylation sites is 1. The number of methoxy groups -OCH3 is 1. The van der Waals surface area contributed by atoms with Crippen LogP contribution in [0.5, 0.6) is 0 Å². The van der Waals surface area contributed by atoms with Crippen molar-refractivity contribution in [3.63, 3.8) is 0 Å². The number of carbonyl (C=O) groups excluding carboxylic acids is 2. The average molecular weight is 468 g/mol. The summed E-state index contributed by atoms with van der Waals surface area (Å²) in [5.41, 5.74) is -0.0277. The van der Waals surface area contributed by atoms with Crippen molar-refractivity contribution in [3.8, 4) is 0 Å². The van der Waals surface area contributed by atoms with Gasteiger partial charge in [0.05, 0.1) is 23.9 Å². The van der Waals surface area contributed by atoms with E-state index < -0.39 is 23.7 Å². The van der Waals surface area contributed by atoms with Gasteiger partial charge in [-0.05, 0) is 29.8 Å². The quantitative estimate of drug-likeness (QED) is 0.291. The maximum Gasteiger partial charge on any atom is 0.418 e. The molecule has 31 heavy (non-hydrogen) atoms. The van der Waals surface area contributed by atoms with Crippen LogP contribution in [-0.2, 0) is 16.7 Å². The molecular weight excluding hydrogens is 453 g/mol. The van der Waals surface area contributed by atoms with E-state index in [0.717, 1.165) is 29.0 Å². The van der Waals surface area contributed by atoms with Crippen LogP contribution in [0.2, 0.25) is 0 Å². The lowest BCUT2D eigenvalue weighted by molar-refractivity contribution is -0.136. The van der Waals surface area contributed by atoms with Crippen LogP contribution in [0.15, 0.2) is 52.9 Å². The largest absolute Gasteiger partial charge is 0.465 e. The number of aromatic nitrogens is 2. The van der Waals surface area contributed by atoms with Crippen molar-refractivity contribution < 1.29 is 27.5 Å². The predicted molar refractivity (Wildman–Crippen MR) is 111 cm³/mol. The number of hydrogen-bond acceptors (Lipinski definition) is 7. The Kier molecular flexibility index (Phi) is 7.13. The van der Waals surface area contributed by atoms with Gasteiger partial charge in [0.15, 0.2) is 4.34 Å². The summed E-state index contributed by atoms with van der Waals surface area (Å²) in [6.07, 6.45) is -4.60. The minimum atomic E-state index is -4.60. The van der Waals surface area contributed by atoms with Gasteiger partial charge in [-0.15, -0.1) is 10.2 Å². The third-order valence-electron chi connectivity index (χ3n) is 3.82. The van der Waals surface area contributed by atoms with Crippen molar-refractivity contribution in [1.29, 1.82) is 0 Å². The summed E-state index contributed by atoms with van der Waals surface area (Å²) >= 11 is 2.40. The number of halogens is 3. The smallest absolute Gasteiger partial charge is 0.418 e. The van der Waals surface area contributed by atoms with Gasteiger partial charge in [-0.3, -0.25) is 5.32 Å². The molecule has 0 aliphatic heterocycles. The summed E-state index contributed by atoms with van der Waals surface area (Å²) < 4.78 is 44.3. The molecule has 0 bridgehead atoms. The molecule has 0 atom stereocenters. The van der Waals surface area contributed by atoms with E-state index in [2.05, 4.69) is 25.6 Å². The van der Waals surface area contributed by atoms with Crippen molar-refractivity contribution in [2.24, 2.45) is 0 Å². The van der Waals surface area contributed by atoms with Crippen LogP contribution in [0.4, 0.5) is 28.8 Å². The van der Waals surface area contributed by atoms with Gasteiger partial charge in [0.2, 0.25) is 5.13 Å². The van der Waals surface area contributed by atoms with Gasteiger partial charge in [-0.25, -0.2) is 9.59 Å². The number of thioether (sulfide) groups is 1. The van der Waals surface area contributed by atoms with Crippen LogP contribution in [0.3, 0.4) is 0 Å². The molecule has 162 valence electrons. The number of ether oxygens (including phenoxy) is 1. The van der Waals surface area contributed by atoms with Gasteiger partial charge in [0.1, 0.15) is 0 Å². The lowest BCUT2D eigenvalue weighted by Gasteiger charge is -2.13. The minimum Gasteiger partial charge on any atom is -0.465 e. The second-order valence-corrected chi connectivity index (χ2v) is 8.18. The van der Waals surface area contributed by atoms with Gasteiger partial charge in [0, 0.05) is 5.75 Å². The highest BCUT2D eigenvalue weighted by Crippen LogP contribution is 2.34. The highest BCUT2D eigenvalue weighted by molar-refractivity contribution is 8.00. The summed E-state index contributed by atoms with van der Waals surface area (Å²) in [7, 11) is 1.30. The van der Waals surface area contributed by atoms with Gasteiger partial charge < -0.3 is 10.1 Å². The molecule has 12 heteroatoms. The molecule has 0 saturated carbocycles. The number of carbonyl (C=O) groups is 2. The number of alkyl halides is 3. The van der Waals surface area contributed by atoms with E-state index >= 15 is 0 Å². The number of urea groups is 1. The van der Waals surface area contributed by atoms with Crippen molar-refractivity contribution in [2.45, 2.75) is 16.3 Å². The number of amides is 2. The van der Waals surface area contributed by atoms with Crippen LogP contribution in [0, 0.1) is 0 Å². The summed E-state index contributed by atoms with van der Waals surface area (Å²) in [6.45, 7) is 0. The molecule has 2 N–H and O–H groups in total. The van der Waals surface area contributed by atoms with Gasteiger partial charge >= 0.3 is 18.2 Å². The van der Waals surface area contributed by atoms with Crippen molar-refractivity contribution in [1.82, 2.24) is 10.2 Å². The molecule has 0 fully saturated rings. The number of hydrogen-bond donors (Lipinski definition) is 2. The van der Waals surface area contributed by atoms with E-state index in [1.54, 1.807) is 18.2 Å². The maximum atomic E-state index is 13.0. The predicted octanol–water partition coefficient (Wildman–Crippen LogP) is 5.28. The molecule has 3 aromatic rings. The van der Waals surface area contributed by atoms with Crippen LogP contribution in [0.1, 0.15) is 21.5 Å². The van der Waals surface area contributed by atoms with Crippen LogP contribution in [-0.4, -0.2) is 29.3 Å². The molecule has 7 nitrogen and oxygen atoms in total. The summed E-state index contributed by atoms with van der Waals surface area (Å²) in [5, 5.41) is 12.4. The normalized spacial score (nSPS) is 11.1. The Balaban J connectivity index is 1.58. The van der Waals surface area contributed by atoms with Crippen molar-refractivity contribution >= 4 is 45.9 Å². The number of esters is 1. The van der Waals surface area contributed by atoms with Gasteiger partial charge in [0.25, 0.3) is 0 Å². The monoisotopic (exact) mass is 468 g/mol. The molecular formula is C19H15F3N4O3S2. The average Bonchev–Trinajstić information content (AvgIpc) is 3.18. The minimum absolute atomic E-state index is 0.132. The van der Waals surface area contributed by atoms with E-state index in [1.807, 2.05) is 6.07 Å². The van der Waals surface area contributed by atoms with E-state index in [0.29, 0.717) is 15.7 Å². The Morgan fingerprint density at radius 3 is 2.61 bits per heavy atom. The zero-order chi connectivity index (χ0) is 22.4. The molecule has 2 amide bonds. The molecule has 2 aromatic carbocycles. The van der Waals surface area contributed by atoms with E-state index in [-0.39, 0.29) is 10.8 Å². The molecule has 0 spiro atoms. The number of benzene rings is 2. The molecule has 0 saturated heterocycles. The fraction of sp³-hybridized carbons (Fsp3) is 0.158. The summed E-state index contributed by atoms with van der Waals surface area (Å²) in [6, 6.07) is 10.7. The van der Waals surface area contributed by atoms with Crippen LogP contribution >= 0.6 is 23.1 Å². The number of anilines is 2. The molecule has 0 radical (unpaired) electrons. The molecule has 0 aliphatic carbocycles. The second-order valence-electron chi connectivity index (χ2n) is 5.98. The zero-order valence-corrected chi connectivity index (χ0v) is 17.5. The number of nitrogens with one attached hydrogen (secondary N) is 2. The molecule has 0 unspecified atom stereocenters. The van der Waals surface area contributed by atoms with Crippen molar-refractivity contribution in [3.05, 3.63) is 65.2 Å². The lowest BCUT2D eigenvalue weighted by atomic mass is 10.1. The van der Waals surface area contributed by atoms with Gasteiger partial charge in [-0.2, -0.15) is 13.2 Å². The van der Waals surface area contributed by atoms with E-state index in [1.165, 1.54) is 31.0 Å². The summed E-state index contributed by atoms with van der Waals surface area (Å²) in [5.74, 6) is 0.0531. The second kappa shape index (κ2) is 9.79. The fourth-order valence-electron chi connectivity index (χ4n) is 2.46. The Morgan fingerprint density at radius 1 is 1.10 bits per heavy atom. The Morgan fingerprint density at radius 2 is 1.87 bits per heavy atom. The highest BCUT2D eigenvalue weighted by atomic mass is 32.2. The first-order valence-corrected chi connectivity index (χ1v) is 10.4. The standard InChI is InChI=1S/C19H15F3N4O3S2/c1-29-15(27)12-6-4-5-11(9-12)10-30-18-26-25-17(31-18)24-16(28)23-14-8-3-2-7-13(14)19(20,21)22/h2-9H,10H2,1H3,(H2,23,24,25,28). The Labute approximate surface area is 183 Å². The Bertz CT molecular complexity index is 1090. The molecule has 3 rings (SSSR count). The van der Waals surface area contributed by atoms with E-state index in [4.69, 9.17) is 0 Å². The third kappa shape index (κ3) is 6.18. The van der Waals surface area contributed by atoms with E-state index in [9.17, 15) is 22.8 Å². The third-order valence-corrected chi connectivity index (χ3v) is 5.86. The number of nitrogens with zero attached hydrogens (tertiary/aromatic N) is 2. The first kappa shape index (κ1) is 22.6. The summed E-state index contributed by atoms with van der Waals surface area (Å²) in [4.78, 5) is 23.7. The highest BCUT2D eigenvalue weighted by Gasteiger charge is 2.33. The first-order chi connectivity index (χ1) is 14.8. The Hall–Kier alpha value is -3.12. The first-order valence-electron chi connectivity index (χ1n) is 8.64. The SMILES string of the molecule is COC(=O)c1cccc(CSc2nnc(NC(=O)Nc3ccccc3C(F)(F)F)s2)c1. The number of rotatable bonds is 6. The van der Waals surface area contributed by atoms with Crippen LogP contribution in [0.25, 0.3) is 0 Å². The topological polar surface area (TPSA) is 93.2 Å². The van der Waals surface area contributed by atoms with Crippen molar-refractivity contribution in [2.75, 3.05) is 17.7 Å². The lowest BCUT2D eigenvalue weighted by Crippen LogP contribution is -2.21. The molecule has 0 aliphatic rings. The van der Waals surface area contributed by atoms with Crippen LogP contribution < -0.4 is 10.6 Å².